The number of nitrogens with zero attached hydrogens (tertiary/aromatic N) is 2. The van der Waals surface area contributed by atoms with E-state index in [9.17, 15) is 9.59 Å². The third-order valence-corrected chi connectivity index (χ3v) is 14.6. The van der Waals surface area contributed by atoms with Crippen molar-refractivity contribution in [1.82, 2.24) is 0 Å². The largest absolute Gasteiger partial charge is 0.508 e. The minimum atomic E-state index is -0.672. The molecule has 8 aromatic carbocycles. The van der Waals surface area contributed by atoms with E-state index in [0.29, 0.717) is 39.6 Å². The molecule has 8 rings (SSSR count). The van der Waals surface area contributed by atoms with Crippen LogP contribution in [0.1, 0.15) is 91.2 Å². The third kappa shape index (κ3) is 19.9. The quantitative estimate of drug-likeness (QED) is 0.0288. The Bertz CT molecular complexity index is 3020. The van der Waals surface area contributed by atoms with Crippen LogP contribution in [0.5, 0.6) is 0 Å². The molecule has 0 aliphatic rings. The molecule has 0 aliphatic carbocycles. The second kappa shape index (κ2) is 32.9. The topological polar surface area (TPSA) is 114 Å². The van der Waals surface area contributed by atoms with Gasteiger partial charge in [-0.05, 0) is 171 Å². The van der Waals surface area contributed by atoms with E-state index in [1.807, 2.05) is 39.8 Å². The summed E-state index contributed by atoms with van der Waals surface area (Å²) in [6, 6.07) is 72.6. The van der Waals surface area contributed by atoms with Crippen LogP contribution >= 0.6 is 0 Å². The molecule has 8 aromatic rings. The summed E-state index contributed by atoms with van der Waals surface area (Å²) < 4.78 is 44.6. The van der Waals surface area contributed by atoms with Crippen molar-refractivity contribution in [3.05, 3.63) is 217 Å². The van der Waals surface area contributed by atoms with Gasteiger partial charge in [-0.2, -0.15) is 0 Å². The first-order valence-electron chi connectivity index (χ1n) is 30.2. The normalized spacial score (nSPS) is 11.5. The summed E-state index contributed by atoms with van der Waals surface area (Å²) in [5.41, 5.74) is 13.9. The van der Waals surface area contributed by atoms with Gasteiger partial charge in [0.1, 0.15) is 24.4 Å². The summed E-state index contributed by atoms with van der Waals surface area (Å²) in [5, 5.41) is 0. The third-order valence-electron chi connectivity index (χ3n) is 14.6. The lowest BCUT2D eigenvalue weighted by molar-refractivity contribution is -0.0350. The van der Waals surface area contributed by atoms with Gasteiger partial charge < -0.3 is 47.7 Å². The van der Waals surface area contributed by atoms with Crippen LogP contribution in [-0.4, -0.2) is 76.4 Å². The summed E-state index contributed by atoms with van der Waals surface area (Å²) in [7, 11) is 0. The maximum atomic E-state index is 12.1. The van der Waals surface area contributed by atoms with Crippen LogP contribution in [0.4, 0.5) is 43.7 Å². The Hall–Kier alpha value is -8.26. The molecule has 0 atom stereocenters. The number of anilines is 6. The summed E-state index contributed by atoms with van der Waals surface area (Å²) in [6.45, 7) is 15.0. The van der Waals surface area contributed by atoms with E-state index in [1.54, 1.807) is 0 Å². The van der Waals surface area contributed by atoms with Crippen molar-refractivity contribution in [2.45, 2.75) is 104 Å². The lowest BCUT2D eigenvalue weighted by Gasteiger charge is -2.27. The van der Waals surface area contributed by atoms with Crippen molar-refractivity contribution in [2.75, 3.05) is 62.7 Å². The molecular formula is C74H84N2O10. The van der Waals surface area contributed by atoms with Crippen LogP contribution in [0.2, 0.25) is 0 Å². The summed E-state index contributed by atoms with van der Waals surface area (Å²) in [6.07, 6.45) is 4.26. The fourth-order valence-electron chi connectivity index (χ4n) is 9.85. The minimum Gasteiger partial charge on any atom is -0.432 e. The number of benzene rings is 8. The molecule has 0 heterocycles. The van der Waals surface area contributed by atoms with Crippen LogP contribution < -0.4 is 9.80 Å². The number of carbonyl (C=O) groups is 2. The Labute approximate surface area is 509 Å². The van der Waals surface area contributed by atoms with Gasteiger partial charge in [-0.3, -0.25) is 0 Å². The van der Waals surface area contributed by atoms with Gasteiger partial charge in [-0.25, -0.2) is 9.59 Å². The molecular weight excluding hydrogens is 1080 g/mol. The average molecular weight is 1160 g/mol. The van der Waals surface area contributed by atoms with Crippen LogP contribution in [0.25, 0.3) is 33.4 Å². The van der Waals surface area contributed by atoms with Gasteiger partial charge in [0.05, 0.1) is 52.9 Å². The van der Waals surface area contributed by atoms with Gasteiger partial charge >= 0.3 is 12.3 Å². The van der Waals surface area contributed by atoms with Gasteiger partial charge in [0.25, 0.3) is 0 Å². The number of hydrogen-bond acceptors (Lipinski definition) is 12. The van der Waals surface area contributed by atoms with Gasteiger partial charge in [0, 0.05) is 34.1 Å². The van der Waals surface area contributed by atoms with Crippen molar-refractivity contribution in [2.24, 2.45) is 0 Å². The number of carbonyl (C=O) groups excluding carboxylic acids is 2. The smallest absolute Gasteiger partial charge is 0.432 e. The van der Waals surface area contributed by atoms with E-state index < -0.39 is 23.5 Å². The monoisotopic (exact) mass is 1160 g/mol. The number of hydrogen-bond donors (Lipinski definition) is 0. The highest BCUT2D eigenvalue weighted by Gasteiger charge is 2.25. The number of unbranched alkanes of at least 4 members (excludes halogenated alkanes) is 2. The Morgan fingerprint density at radius 3 is 0.872 bits per heavy atom. The van der Waals surface area contributed by atoms with Crippen molar-refractivity contribution >= 4 is 46.4 Å². The second-order valence-corrected chi connectivity index (χ2v) is 22.4. The summed E-state index contributed by atoms with van der Waals surface area (Å²) in [4.78, 5) is 28.8. The molecule has 86 heavy (non-hydrogen) atoms. The molecule has 450 valence electrons. The molecule has 0 aliphatic heterocycles. The van der Waals surface area contributed by atoms with Crippen LogP contribution in [0, 0.1) is 0 Å². The lowest BCUT2D eigenvalue weighted by atomic mass is 10.0. The Morgan fingerprint density at radius 2 is 0.581 bits per heavy atom. The molecule has 0 N–H and O–H groups in total. The molecule has 0 spiro atoms. The molecule has 12 heteroatoms. The molecule has 0 saturated heterocycles. The van der Waals surface area contributed by atoms with Crippen molar-refractivity contribution < 1.29 is 47.5 Å². The molecule has 0 radical (unpaired) electrons. The lowest BCUT2D eigenvalue weighted by Crippen LogP contribution is -2.29. The highest BCUT2D eigenvalue weighted by Crippen LogP contribution is 2.40. The fourth-order valence-corrected chi connectivity index (χ4v) is 9.85. The van der Waals surface area contributed by atoms with Crippen molar-refractivity contribution in [1.29, 1.82) is 0 Å². The second-order valence-electron chi connectivity index (χ2n) is 22.4. The Morgan fingerprint density at radius 1 is 0.326 bits per heavy atom. The zero-order chi connectivity index (χ0) is 60.4. The van der Waals surface area contributed by atoms with Gasteiger partial charge in [-0.15, -0.1) is 0 Å². The molecule has 0 unspecified atom stereocenters. The molecule has 0 bridgehead atoms. The first-order chi connectivity index (χ1) is 41.9. The van der Waals surface area contributed by atoms with Crippen LogP contribution in [0.3, 0.4) is 0 Å². The fraction of sp³-hybridized carbons (Fsp3) is 0.324. The first kappa shape index (κ1) is 63.8. The van der Waals surface area contributed by atoms with Gasteiger partial charge in [-0.1, -0.05) is 160 Å². The molecule has 0 aromatic heterocycles. The maximum Gasteiger partial charge on any atom is 0.508 e. The molecule has 0 amide bonds. The van der Waals surface area contributed by atoms with Crippen molar-refractivity contribution in [3.63, 3.8) is 0 Å². The average Bonchev–Trinajstić information content (AvgIpc) is 1.57. The summed E-state index contributed by atoms with van der Waals surface area (Å²) >= 11 is 0. The SMILES string of the molecule is CCCCC(C)(C)OC(=O)OCCOCCOCc1ccc(N(c2ccc(-c3ccccc3)cc2)c2ccc(-c3ccc(N(c4ccc(COCCOCCOC(=O)OC(C)(C)CCCC)cc4)c4ccc(-c5ccccc5)cc4)cc3)cc2)cc1. The van der Waals surface area contributed by atoms with E-state index in [-0.39, 0.29) is 26.4 Å². The van der Waals surface area contributed by atoms with E-state index in [4.69, 9.17) is 37.9 Å². The predicted octanol–water partition coefficient (Wildman–Crippen LogP) is 18.9. The zero-order valence-corrected chi connectivity index (χ0v) is 50.9. The Balaban J connectivity index is 0.903. The van der Waals surface area contributed by atoms with E-state index in [0.717, 1.165) is 117 Å². The number of ether oxygens (including phenoxy) is 8. The minimum absolute atomic E-state index is 0.117. The predicted molar refractivity (Wildman–Crippen MR) is 345 cm³/mol. The van der Waals surface area contributed by atoms with Gasteiger partial charge in [0.2, 0.25) is 0 Å². The van der Waals surface area contributed by atoms with Crippen molar-refractivity contribution in [3.8, 4) is 33.4 Å². The van der Waals surface area contributed by atoms with E-state index >= 15 is 0 Å². The highest BCUT2D eigenvalue weighted by molar-refractivity contribution is 5.82. The standard InChI is InChI=1S/C74H84N2O10/c1-7-9-45-73(3,4)85-71(77)83-53-51-79-47-49-81-55-57-21-33-65(34-22-57)75(67-37-25-61(26-38-67)59-17-13-11-14-18-59)69-41-29-63(30-42-69)64-31-43-70(44-32-64)76(68-39-27-62(28-40-68)60-19-15-12-16-20-60)66-35-23-58(24-36-66)56-82-50-48-80-52-54-84-72(78)86-74(5,6)46-10-8-2/h11-44H,7-10,45-56H2,1-6H3. The maximum absolute atomic E-state index is 12.1. The zero-order valence-electron chi connectivity index (χ0n) is 50.9. The highest BCUT2D eigenvalue weighted by atomic mass is 16.7. The molecule has 0 fully saturated rings. The van der Waals surface area contributed by atoms with Crippen LogP contribution in [-0.2, 0) is 51.1 Å². The summed E-state index contributed by atoms with van der Waals surface area (Å²) in [5.74, 6) is 0. The number of rotatable bonds is 33. The van der Waals surface area contributed by atoms with Gasteiger partial charge in [0.15, 0.2) is 0 Å². The molecule has 0 saturated carbocycles. The first-order valence-corrected chi connectivity index (χ1v) is 30.2. The molecule has 12 nitrogen and oxygen atoms in total. The van der Waals surface area contributed by atoms with Crippen LogP contribution in [0.15, 0.2) is 206 Å². The van der Waals surface area contributed by atoms with E-state index in [2.05, 4.69) is 218 Å². The Kier molecular flexibility index (Phi) is 24.4. The van der Waals surface area contributed by atoms with E-state index in [1.165, 1.54) is 0 Å².